The molecule has 1 unspecified atom stereocenters. The molecule has 0 aliphatic heterocycles. The van der Waals surface area contributed by atoms with Gasteiger partial charge in [0.2, 0.25) is 0 Å². The molecule has 0 saturated heterocycles. The molecular formula is C17H17Cl2F3NO4PS. The van der Waals surface area contributed by atoms with Crippen LogP contribution in [0.3, 0.4) is 0 Å². The number of anilines is 1. The smallest absolute Gasteiger partial charge is 0.305 e. The van der Waals surface area contributed by atoms with Crippen molar-refractivity contribution in [3.63, 3.8) is 0 Å². The summed E-state index contributed by atoms with van der Waals surface area (Å²) in [5, 5.41) is -0.234. The monoisotopic (exact) mass is 489 g/mol. The van der Waals surface area contributed by atoms with Crippen LogP contribution in [0.4, 0.5) is 18.9 Å². The Morgan fingerprint density at radius 2 is 1.69 bits per heavy atom. The van der Waals surface area contributed by atoms with Gasteiger partial charge in [-0.3, -0.25) is 4.57 Å². The molecule has 12 heteroatoms. The summed E-state index contributed by atoms with van der Waals surface area (Å²) in [6.45, 7) is 3.40. The quantitative estimate of drug-likeness (QED) is 0.459. The molecule has 0 saturated carbocycles. The first-order chi connectivity index (χ1) is 13.5. The first-order valence-corrected chi connectivity index (χ1v) is 11.7. The molecule has 2 aromatic rings. The topological polar surface area (TPSA) is 64.6 Å². The van der Waals surface area contributed by atoms with Gasteiger partial charge in [0.25, 0.3) is 0 Å². The third kappa shape index (κ3) is 5.96. The summed E-state index contributed by atoms with van der Waals surface area (Å²) in [4.78, 5) is -0.185. The number of rotatable bonds is 8. The summed E-state index contributed by atoms with van der Waals surface area (Å²) in [6, 6.07) is 7.04. The van der Waals surface area contributed by atoms with Crippen molar-refractivity contribution in [3.05, 3.63) is 52.0 Å². The molecule has 0 aliphatic rings. The fourth-order valence-corrected chi connectivity index (χ4v) is 5.42. The Bertz CT molecular complexity index is 949. The summed E-state index contributed by atoms with van der Waals surface area (Å²) in [5.41, 5.74) is -1.07. The second-order valence-corrected chi connectivity index (χ2v) is 9.55. The zero-order valence-electron chi connectivity index (χ0n) is 15.3. The van der Waals surface area contributed by atoms with Crippen molar-refractivity contribution in [3.8, 4) is 0 Å². The van der Waals surface area contributed by atoms with Crippen LogP contribution < -0.4 is 10.0 Å². The molecule has 0 spiro atoms. The Labute approximate surface area is 178 Å². The molecule has 0 heterocycles. The van der Waals surface area contributed by atoms with Gasteiger partial charge in [-0.15, -0.1) is 0 Å². The SMILES string of the molecule is CCOP(=O)(OCC)c1ccc(Cl)cc1NS(=O)c1ccc(Cl)c(C(F)(F)F)c1. The van der Waals surface area contributed by atoms with Crippen LogP contribution in [-0.2, 0) is 30.8 Å². The fraction of sp³-hybridized carbons (Fsp3) is 0.294. The standard InChI is InChI=1S/C17H17Cl2F3NO4PS/c1-3-26-28(24,27-4-2)16-8-5-11(18)9-15(16)23-29(25)12-6-7-14(19)13(10-12)17(20,21)22/h5-10,23H,3-4H2,1-2H3. The summed E-state index contributed by atoms with van der Waals surface area (Å²) in [5.74, 6) is 0. The lowest BCUT2D eigenvalue weighted by Crippen LogP contribution is -2.18. The highest BCUT2D eigenvalue weighted by Crippen LogP contribution is 2.49. The fourth-order valence-electron chi connectivity index (χ4n) is 2.34. The van der Waals surface area contributed by atoms with Gasteiger partial charge in [-0.05, 0) is 50.2 Å². The number of halogens is 5. The normalized spacial score (nSPS) is 13.3. The molecule has 0 aliphatic carbocycles. The summed E-state index contributed by atoms with van der Waals surface area (Å²) in [6.07, 6.45) is -4.71. The van der Waals surface area contributed by atoms with Gasteiger partial charge >= 0.3 is 13.8 Å². The maximum absolute atomic E-state index is 13.1. The van der Waals surface area contributed by atoms with Gasteiger partial charge in [-0.2, -0.15) is 13.2 Å². The van der Waals surface area contributed by atoms with Crippen molar-refractivity contribution in [2.75, 3.05) is 17.9 Å². The highest BCUT2D eigenvalue weighted by atomic mass is 35.5. The van der Waals surface area contributed by atoms with Gasteiger partial charge in [0, 0.05) is 5.02 Å². The Hall–Kier alpha value is -1.09. The van der Waals surface area contributed by atoms with Crippen LogP contribution in [0, 0.1) is 0 Å². The molecule has 2 aromatic carbocycles. The second-order valence-electron chi connectivity index (χ2n) is 5.50. The van der Waals surface area contributed by atoms with Crippen molar-refractivity contribution in [2.24, 2.45) is 0 Å². The van der Waals surface area contributed by atoms with E-state index in [1.807, 2.05) is 0 Å². The van der Waals surface area contributed by atoms with Gasteiger partial charge in [-0.25, -0.2) is 4.21 Å². The maximum Gasteiger partial charge on any atom is 0.417 e. The number of benzene rings is 2. The third-order valence-electron chi connectivity index (χ3n) is 3.51. The molecule has 0 aromatic heterocycles. The lowest BCUT2D eigenvalue weighted by molar-refractivity contribution is -0.137. The Balaban J connectivity index is 2.46. The average molecular weight is 490 g/mol. The summed E-state index contributed by atoms with van der Waals surface area (Å²) < 4.78 is 78.1. The minimum atomic E-state index is -4.71. The predicted molar refractivity (Wildman–Crippen MR) is 108 cm³/mol. The number of alkyl halides is 3. The molecule has 0 amide bonds. The van der Waals surface area contributed by atoms with E-state index in [0.717, 1.165) is 6.07 Å². The average Bonchev–Trinajstić information content (AvgIpc) is 2.61. The van der Waals surface area contributed by atoms with E-state index in [1.165, 1.54) is 24.3 Å². The van der Waals surface area contributed by atoms with Crippen LogP contribution in [-0.4, -0.2) is 17.4 Å². The zero-order valence-corrected chi connectivity index (χ0v) is 18.5. The number of hydrogen-bond donors (Lipinski definition) is 1. The van der Waals surface area contributed by atoms with Gasteiger partial charge in [-0.1, -0.05) is 23.2 Å². The predicted octanol–water partition coefficient (Wildman–Crippen LogP) is 6.04. The first-order valence-electron chi connectivity index (χ1n) is 8.26. The molecule has 0 bridgehead atoms. The van der Waals surface area contributed by atoms with Gasteiger partial charge in [0.05, 0.1) is 39.7 Å². The van der Waals surface area contributed by atoms with Gasteiger partial charge in [0.15, 0.2) is 0 Å². The van der Waals surface area contributed by atoms with E-state index >= 15 is 0 Å². The molecule has 5 nitrogen and oxygen atoms in total. The summed E-state index contributed by atoms with van der Waals surface area (Å²) >= 11 is 11.6. The van der Waals surface area contributed by atoms with Crippen molar-refractivity contribution in [1.29, 1.82) is 0 Å². The van der Waals surface area contributed by atoms with Crippen LogP contribution >= 0.6 is 30.8 Å². The molecule has 2 rings (SSSR count). The molecule has 0 radical (unpaired) electrons. The van der Waals surface area contributed by atoms with E-state index < -0.39 is 35.3 Å². The zero-order chi connectivity index (χ0) is 21.8. The van der Waals surface area contributed by atoms with Crippen molar-refractivity contribution in [2.45, 2.75) is 24.9 Å². The van der Waals surface area contributed by atoms with Crippen molar-refractivity contribution >= 4 is 52.8 Å². The van der Waals surface area contributed by atoms with Crippen molar-refractivity contribution in [1.82, 2.24) is 0 Å². The molecular weight excluding hydrogens is 473 g/mol. The highest BCUT2D eigenvalue weighted by molar-refractivity contribution is 7.86. The van der Waals surface area contributed by atoms with E-state index in [1.54, 1.807) is 13.8 Å². The van der Waals surface area contributed by atoms with Gasteiger partial charge in [0.1, 0.15) is 11.0 Å². The van der Waals surface area contributed by atoms with E-state index in [2.05, 4.69) is 4.72 Å². The van der Waals surface area contributed by atoms with Crippen LogP contribution in [0.1, 0.15) is 19.4 Å². The lowest BCUT2D eigenvalue weighted by atomic mass is 10.2. The van der Waals surface area contributed by atoms with Crippen LogP contribution in [0.5, 0.6) is 0 Å². The van der Waals surface area contributed by atoms with Crippen LogP contribution in [0.2, 0.25) is 10.0 Å². The van der Waals surface area contributed by atoms with Crippen LogP contribution in [0.25, 0.3) is 0 Å². The minimum Gasteiger partial charge on any atom is -0.305 e. The third-order valence-corrected chi connectivity index (χ3v) is 7.34. The Kier molecular flexibility index (Phi) is 8.18. The molecule has 29 heavy (non-hydrogen) atoms. The second kappa shape index (κ2) is 9.81. The Morgan fingerprint density at radius 1 is 1.07 bits per heavy atom. The molecule has 1 N–H and O–H groups in total. The van der Waals surface area contributed by atoms with E-state index in [0.29, 0.717) is 6.07 Å². The molecule has 1 atom stereocenters. The number of nitrogens with one attached hydrogen (secondary N) is 1. The van der Waals surface area contributed by atoms with Crippen molar-refractivity contribution < 1.29 is 31.0 Å². The number of hydrogen-bond acceptors (Lipinski definition) is 4. The van der Waals surface area contributed by atoms with E-state index in [4.69, 9.17) is 32.2 Å². The highest BCUT2D eigenvalue weighted by Gasteiger charge is 2.34. The first kappa shape index (κ1) is 24.2. The minimum absolute atomic E-state index is 0.0459. The molecule has 160 valence electrons. The lowest BCUT2D eigenvalue weighted by Gasteiger charge is -2.20. The Morgan fingerprint density at radius 3 is 2.24 bits per heavy atom. The van der Waals surface area contributed by atoms with E-state index in [9.17, 15) is 21.9 Å². The summed E-state index contributed by atoms with van der Waals surface area (Å²) in [7, 11) is -5.93. The largest absolute Gasteiger partial charge is 0.417 e. The van der Waals surface area contributed by atoms with Gasteiger partial charge < -0.3 is 13.8 Å². The van der Waals surface area contributed by atoms with Crippen LogP contribution in [0.15, 0.2) is 41.3 Å². The molecule has 0 fully saturated rings. The van der Waals surface area contributed by atoms with E-state index in [-0.39, 0.29) is 34.1 Å². The maximum atomic E-state index is 13.1.